The Bertz CT molecular complexity index is 1420. The van der Waals surface area contributed by atoms with Crippen molar-refractivity contribution in [2.45, 2.75) is 55.1 Å². The predicted octanol–water partition coefficient (Wildman–Crippen LogP) is -1.80. The van der Waals surface area contributed by atoms with E-state index in [0.717, 1.165) is 12.1 Å². The van der Waals surface area contributed by atoms with E-state index in [0.29, 0.717) is 5.56 Å². The summed E-state index contributed by atoms with van der Waals surface area (Å²) in [6.07, 6.45) is -15.0. The highest BCUT2D eigenvalue weighted by Gasteiger charge is 2.47. The van der Waals surface area contributed by atoms with E-state index in [1.807, 2.05) is 0 Å². The molecule has 0 saturated carbocycles. The molecule has 40 heavy (non-hydrogen) atoms. The van der Waals surface area contributed by atoms with Crippen LogP contribution in [0.2, 0.25) is 0 Å². The Morgan fingerprint density at radius 2 is 1.57 bits per heavy atom. The Balaban J connectivity index is 1.68. The standard InChI is InChI=1S/C26H28O14/c27-7-16-20(32)22(34)23(35)25(39-16)18-15(40-26-24(36)19(31)12(30)8-37-26)6-14-17(21(18)33)11(29)5-13(38-14)9-1-3-10(28)4-2-9/h1-6,12,16,19-20,22-28,30-36H,7-8H2/t12-,16?,19+,20-,22+,23?,24?,25+,26+/m1/s1. The number of ether oxygens (including phenoxy) is 3. The maximum Gasteiger partial charge on any atom is 0.228 e. The Kier molecular flexibility index (Phi) is 7.71. The third kappa shape index (κ3) is 4.89. The first-order chi connectivity index (χ1) is 19.0. The molecule has 0 spiro atoms. The molecule has 5 rings (SSSR count). The molecule has 1 aromatic heterocycles. The van der Waals surface area contributed by atoms with E-state index in [-0.39, 0.29) is 28.2 Å². The van der Waals surface area contributed by atoms with Gasteiger partial charge in [-0.05, 0) is 24.3 Å². The number of rotatable bonds is 5. The number of fused-ring (bicyclic) bond motifs is 1. The van der Waals surface area contributed by atoms with Gasteiger partial charge in [-0.3, -0.25) is 4.79 Å². The molecule has 14 heteroatoms. The van der Waals surface area contributed by atoms with Crippen LogP contribution in [0.5, 0.6) is 17.2 Å². The van der Waals surface area contributed by atoms with E-state index < -0.39 is 85.1 Å². The molecule has 9 N–H and O–H groups in total. The van der Waals surface area contributed by atoms with Crippen molar-refractivity contribution in [3.05, 3.63) is 52.2 Å². The van der Waals surface area contributed by atoms with Gasteiger partial charge >= 0.3 is 0 Å². The summed E-state index contributed by atoms with van der Waals surface area (Å²) in [4.78, 5) is 13.2. The van der Waals surface area contributed by atoms with Crippen molar-refractivity contribution in [3.63, 3.8) is 0 Å². The normalized spacial score (nSPS) is 32.7. The summed E-state index contributed by atoms with van der Waals surface area (Å²) in [5.41, 5.74) is -0.959. The first-order valence-electron chi connectivity index (χ1n) is 12.3. The third-order valence-electron chi connectivity index (χ3n) is 7.02. The van der Waals surface area contributed by atoms with Gasteiger partial charge in [-0.15, -0.1) is 0 Å². The number of hydrogen-bond donors (Lipinski definition) is 9. The van der Waals surface area contributed by atoms with Crippen LogP contribution in [0.1, 0.15) is 11.7 Å². The topological polar surface area (TPSA) is 240 Å². The first-order valence-corrected chi connectivity index (χ1v) is 12.3. The average Bonchev–Trinajstić information content (AvgIpc) is 2.93. The van der Waals surface area contributed by atoms with Crippen molar-refractivity contribution >= 4 is 11.0 Å². The number of phenols is 2. The summed E-state index contributed by atoms with van der Waals surface area (Å²) in [7, 11) is 0. The highest BCUT2D eigenvalue weighted by atomic mass is 16.7. The second-order valence-corrected chi connectivity index (χ2v) is 9.65. The number of benzene rings is 2. The van der Waals surface area contributed by atoms with Gasteiger partial charge in [-0.1, -0.05) is 0 Å². The summed E-state index contributed by atoms with van der Waals surface area (Å²) in [5, 5.41) is 91.8. The fourth-order valence-corrected chi connectivity index (χ4v) is 4.78. The molecule has 3 unspecified atom stereocenters. The molecule has 0 radical (unpaired) electrons. The van der Waals surface area contributed by atoms with Crippen molar-refractivity contribution < 1.29 is 64.6 Å². The molecule has 2 fully saturated rings. The lowest BCUT2D eigenvalue weighted by atomic mass is 9.89. The molecule has 3 aromatic rings. The molecule has 3 heterocycles. The number of aromatic hydroxyl groups is 2. The maximum atomic E-state index is 13.2. The minimum Gasteiger partial charge on any atom is -0.508 e. The number of aliphatic hydroxyl groups excluding tert-OH is 7. The Morgan fingerprint density at radius 3 is 2.25 bits per heavy atom. The Labute approximate surface area is 225 Å². The van der Waals surface area contributed by atoms with Crippen LogP contribution >= 0.6 is 0 Å². The molecule has 14 nitrogen and oxygen atoms in total. The molecule has 216 valence electrons. The van der Waals surface area contributed by atoms with E-state index in [1.54, 1.807) is 0 Å². The third-order valence-corrected chi connectivity index (χ3v) is 7.02. The summed E-state index contributed by atoms with van der Waals surface area (Å²) in [6, 6.07) is 7.92. The summed E-state index contributed by atoms with van der Waals surface area (Å²) in [5.74, 6) is -1.15. The lowest BCUT2D eigenvalue weighted by molar-refractivity contribution is -0.245. The van der Waals surface area contributed by atoms with Gasteiger partial charge in [-0.25, -0.2) is 0 Å². The van der Waals surface area contributed by atoms with Crippen LogP contribution in [0.25, 0.3) is 22.3 Å². The number of hydrogen-bond acceptors (Lipinski definition) is 14. The Hall–Kier alpha value is -3.31. The van der Waals surface area contributed by atoms with Crippen molar-refractivity contribution in [2.75, 3.05) is 13.2 Å². The van der Waals surface area contributed by atoms with Crippen LogP contribution in [-0.4, -0.2) is 108 Å². The lowest BCUT2D eigenvalue weighted by Crippen LogP contribution is -2.56. The minimum absolute atomic E-state index is 0.0252. The fraction of sp³-hybridized carbons (Fsp3) is 0.423. The van der Waals surface area contributed by atoms with Gasteiger partial charge in [-0.2, -0.15) is 0 Å². The second-order valence-electron chi connectivity index (χ2n) is 9.65. The zero-order valence-corrected chi connectivity index (χ0v) is 20.6. The second kappa shape index (κ2) is 10.9. The molecule has 2 aliphatic heterocycles. The molecule has 0 amide bonds. The van der Waals surface area contributed by atoms with Crippen LogP contribution in [-0.2, 0) is 9.47 Å². The summed E-state index contributed by atoms with van der Waals surface area (Å²) >= 11 is 0. The SMILES string of the molecule is O=c1cc(-c2ccc(O)cc2)oc2cc(O[C@@H]3OC[C@@H](O)[C@H](O)C3O)c([C@@H]3OC(CO)[C@@H](O)[C@H](O)C3O)c(O)c12. The number of aliphatic hydroxyl groups is 7. The van der Waals surface area contributed by atoms with E-state index in [4.69, 9.17) is 18.6 Å². The molecule has 0 aliphatic carbocycles. The van der Waals surface area contributed by atoms with Crippen LogP contribution in [0.3, 0.4) is 0 Å². The average molecular weight is 564 g/mol. The molecular weight excluding hydrogens is 536 g/mol. The van der Waals surface area contributed by atoms with Gasteiger partial charge in [0.25, 0.3) is 0 Å². The van der Waals surface area contributed by atoms with Gasteiger partial charge in [0.15, 0.2) is 5.43 Å². The largest absolute Gasteiger partial charge is 0.508 e. The first kappa shape index (κ1) is 28.2. The van der Waals surface area contributed by atoms with Crippen LogP contribution in [0, 0.1) is 0 Å². The molecular formula is C26H28O14. The van der Waals surface area contributed by atoms with E-state index in [2.05, 4.69) is 0 Å². The van der Waals surface area contributed by atoms with E-state index in [1.165, 1.54) is 24.3 Å². The van der Waals surface area contributed by atoms with Gasteiger partial charge in [0.1, 0.15) is 82.8 Å². The molecule has 0 bridgehead atoms. The molecule has 9 atom stereocenters. The molecule has 2 aromatic carbocycles. The van der Waals surface area contributed by atoms with Crippen molar-refractivity contribution in [1.82, 2.24) is 0 Å². The Morgan fingerprint density at radius 1 is 0.875 bits per heavy atom. The van der Waals surface area contributed by atoms with Gasteiger partial charge in [0, 0.05) is 17.7 Å². The number of phenolic OH excluding ortho intramolecular Hbond substituents is 2. The highest BCUT2D eigenvalue weighted by molar-refractivity contribution is 5.88. The van der Waals surface area contributed by atoms with E-state index >= 15 is 0 Å². The monoisotopic (exact) mass is 564 g/mol. The highest BCUT2D eigenvalue weighted by Crippen LogP contribution is 2.46. The zero-order chi connectivity index (χ0) is 28.9. The minimum atomic E-state index is -1.89. The van der Waals surface area contributed by atoms with Crippen LogP contribution < -0.4 is 10.2 Å². The fourth-order valence-electron chi connectivity index (χ4n) is 4.78. The zero-order valence-electron chi connectivity index (χ0n) is 20.6. The summed E-state index contributed by atoms with van der Waals surface area (Å²) in [6.45, 7) is -1.21. The van der Waals surface area contributed by atoms with Crippen molar-refractivity contribution in [2.24, 2.45) is 0 Å². The quantitative estimate of drug-likeness (QED) is 0.166. The van der Waals surface area contributed by atoms with Gasteiger partial charge in [0.05, 0.1) is 18.8 Å². The van der Waals surface area contributed by atoms with E-state index in [9.17, 15) is 50.8 Å². The van der Waals surface area contributed by atoms with Crippen LogP contribution in [0.4, 0.5) is 0 Å². The summed E-state index contributed by atoms with van der Waals surface area (Å²) < 4.78 is 22.5. The van der Waals surface area contributed by atoms with Crippen LogP contribution in [0.15, 0.2) is 45.6 Å². The molecule has 2 saturated heterocycles. The smallest absolute Gasteiger partial charge is 0.228 e. The maximum absolute atomic E-state index is 13.2. The molecule has 2 aliphatic rings. The van der Waals surface area contributed by atoms with Gasteiger partial charge in [0.2, 0.25) is 6.29 Å². The van der Waals surface area contributed by atoms with Crippen molar-refractivity contribution in [3.8, 4) is 28.6 Å². The lowest BCUT2D eigenvalue weighted by Gasteiger charge is -2.41. The van der Waals surface area contributed by atoms with Gasteiger partial charge < -0.3 is 64.6 Å². The van der Waals surface area contributed by atoms with Crippen molar-refractivity contribution in [1.29, 1.82) is 0 Å². The predicted molar refractivity (Wildman–Crippen MR) is 132 cm³/mol.